The van der Waals surface area contributed by atoms with Crippen molar-refractivity contribution in [1.29, 1.82) is 0 Å². The van der Waals surface area contributed by atoms with Gasteiger partial charge in [0.1, 0.15) is 5.82 Å². The third-order valence-corrected chi connectivity index (χ3v) is 4.56. The quantitative estimate of drug-likeness (QED) is 0.740. The number of nitrogens with zero attached hydrogens (tertiary/aromatic N) is 3. The second kappa shape index (κ2) is 5.70. The Morgan fingerprint density at radius 2 is 2.25 bits per heavy atom. The predicted octanol–water partition coefficient (Wildman–Crippen LogP) is 2.72. The van der Waals surface area contributed by atoms with Crippen molar-refractivity contribution in [2.45, 2.75) is 13.5 Å². The highest BCUT2D eigenvalue weighted by atomic mass is 16.5. The van der Waals surface area contributed by atoms with Gasteiger partial charge in [0.2, 0.25) is 0 Å². The lowest BCUT2D eigenvalue weighted by molar-refractivity contribution is 0.0438. The van der Waals surface area contributed by atoms with Crippen LogP contribution < -0.4 is 4.74 Å². The summed E-state index contributed by atoms with van der Waals surface area (Å²) < 4.78 is 13.1. The van der Waals surface area contributed by atoms with Gasteiger partial charge in [0, 0.05) is 43.3 Å². The number of aromatic nitrogens is 2. The van der Waals surface area contributed by atoms with Gasteiger partial charge in [-0.25, -0.2) is 4.98 Å². The number of carbonyl (C=O) groups excluding carboxylic acids is 1. The van der Waals surface area contributed by atoms with Crippen LogP contribution in [-0.2, 0) is 6.54 Å². The van der Waals surface area contributed by atoms with Crippen LogP contribution in [0.15, 0.2) is 41.1 Å². The van der Waals surface area contributed by atoms with E-state index in [1.54, 1.807) is 19.4 Å². The number of methoxy groups -OCH3 is 1. The molecule has 124 valence electrons. The van der Waals surface area contributed by atoms with Gasteiger partial charge in [-0.1, -0.05) is 12.1 Å². The highest BCUT2D eigenvalue weighted by Gasteiger charge is 2.33. The molecule has 6 nitrogen and oxygen atoms in total. The van der Waals surface area contributed by atoms with Crippen LogP contribution in [0.5, 0.6) is 5.75 Å². The molecule has 3 heterocycles. The van der Waals surface area contributed by atoms with Crippen LogP contribution in [0.2, 0.25) is 0 Å². The Morgan fingerprint density at radius 1 is 1.42 bits per heavy atom. The first-order chi connectivity index (χ1) is 11.7. The third kappa shape index (κ3) is 2.44. The Hall–Kier alpha value is -2.76. The number of aryl methyl sites for hydroxylation is 1. The van der Waals surface area contributed by atoms with Crippen molar-refractivity contribution in [3.63, 3.8) is 0 Å². The van der Waals surface area contributed by atoms with E-state index >= 15 is 0 Å². The standard InChI is InChI=1S/C18H19N3O3/c1-12-19-6-7-20(12)9-13-10-21(11-13)18(22)16-8-14-4-3-5-15(23-2)17(14)24-16/h3-8,13H,9-11H2,1-2H3. The Morgan fingerprint density at radius 3 is 2.96 bits per heavy atom. The zero-order valence-corrected chi connectivity index (χ0v) is 13.7. The van der Waals surface area contributed by atoms with Crippen molar-refractivity contribution < 1.29 is 13.9 Å². The lowest BCUT2D eigenvalue weighted by Gasteiger charge is -2.39. The minimum atomic E-state index is -0.0631. The van der Waals surface area contributed by atoms with Gasteiger partial charge in [-0.2, -0.15) is 0 Å². The van der Waals surface area contributed by atoms with Gasteiger partial charge in [0.05, 0.1) is 7.11 Å². The highest BCUT2D eigenvalue weighted by molar-refractivity contribution is 5.97. The van der Waals surface area contributed by atoms with E-state index in [0.717, 1.165) is 30.8 Å². The number of fused-ring (bicyclic) bond motifs is 1. The molecule has 0 bridgehead atoms. The van der Waals surface area contributed by atoms with E-state index in [1.807, 2.05) is 36.2 Å². The van der Waals surface area contributed by atoms with Crippen LogP contribution in [-0.4, -0.2) is 40.6 Å². The number of likely N-dealkylation sites (tertiary alicyclic amines) is 1. The average molecular weight is 325 g/mol. The maximum atomic E-state index is 12.6. The molecule has 0 spiro atoms. The molecule has 0 saturated carbocycles. The zero-order chi connectivity index (χ0) is 16.7. The molecule has 3 aromatic rings. The first-order valence-electron chi connectivity index (χ1n) is 7.99. The summed E-state index contributed by atoms with van der Waals surface area (Å²) in [4.78, 5) is 18.6. The summed E-state index contributed by atoms with van der Waals surface area (Å²) >= 11 is 0. The van der Waals surface area contributed by atoms with Crippen LogP contribution in [0.1, 0.15) is 16.4 Å². The summed E-state index contributed by atoms with van der Waals surface area (Å²) in [6.45, 7) is 4.36. The molecule has 1 saturated heterocycles. The summed E-state index contributed by atoms with van der Waals surface area (Å²) in [6, 6.07) is 7.41. The average Bonchev–Trinajstić information content (AvgIpc) is 3.15. The van der Waals surface area contributed by atoms with Crippen molar-refractivity contribution in [3.8, 4) is 5.75 Å². The molecule has 0 atom stereocenters. The molecule has 2 aromatic heterocycles. The number of furan rings is 1. The first kappa shape index (κ1) is 14.8. The van der Waals surface area contributed by atoms with Crippen LogP contribution in [0.4, 0.5) is 0 Å². The van der Waals surface area contributed by atoms with E-state index < -0.39 is 0 Å². The molecular weight excluding hydrogens is 306 g/mol. The Bertz CT molecular complexity index is 890. The number of hydrogen-bond acceptors (Lipinski definition) is 4. The topological polar surface area (TPSA) is 60.5 Å². The van der Waals surface area contributed by atoms with Gasteiger partial charge in [-0.15, -0.1) is 0 Å². The van der Waals surface area contributed by atoms with Crippen LogP contribution in [0, 0.1) is 12.8 Å². The maximum Gasteiger partial charge on any atom is 0.289 e. The molecule has 0 aliphatic carbocycles. The van der Waals surface area contributed by atoms with Crippen molar-refractivity contribution >= 4 is 16.9 Å². The van der Waals surface area contributed by atoms with E-state index in [4.69, 9.17) is 9.15 Å². The predicted molar refractivity (Wildman–Crippen MR) is 89.1 cm³/mol. The van der Waals surface area contributed by atoms with Crippen LogP contribution >= 0.6 is 0 Å². The van der Waals surface area contributed by atoms with E-state index in [0.29, 0.717) is 23.0 Å². The lowest BCUT2D eigenvalue weighted by atomic mass is 9.99. The molecule has 1 fully saturated rings. The summed E-state index contributed by atoms with van der Waals surface area (Å²) in [5, 5.41) is 0.879. The van der Waals surface area contributed by atoms with Gasteiger partial charge < -0.3 is 18.6 Å². The fraction of sp³-hybridized carbons (Fsp3) is 0.333. The number of benzene rings is 1. The fourth-order valence-electron chi connectivity index (χ4n) is 3.18. The van der Waals surface area contributed by atoms with Crippen LogP contribution in [0.25, 0.3) is 11.0 Å². The number of rotatable bonds is 4. The lowest BCUT2D eigenvalue weighted by Crippen LogP contribution is -2.51. The molecule has 1 aromatic carbocycles. The number of amides is 1. The molecule has 1 amide bonds. The highest BCUT2D eigenvalue weighted by Crippen LogP contribution is 2.30. The summed E-state index contributed by atoms with van der Waals surface area (Å²) in [6.07, 6.45) is 3.78. The van der Waals surface area contributed by atoms with Crippen molar-refractivity contribution in [2.75, 3.05) is 20.2 Å². The summed E-state index contributed by atoms with van der Waals surface area (Å²) in [7, 11) is 1.59. The SMILES string of the molecule is COc1cccc2cc(C(=O)N3CC(Cn4ccnc4C)C3)oc12. The normalized spacial score (nSPS) is 14.8. The summed E-state index contributed by atoms with van der Waals surface area (Å²) in [5.41, 5.74) is 0.620. The van der Waals surface area contributed by atoms with Crippen molar-refractivity contribution in [3.05, 3.63) is 48.2 Å². The Kier molecular flexibility index (Phi) is 3.52. The van der Waals surface area contributed by atoms with E-state index in [1.165, 1.54) is 0 Å². The second-order valence-electron chi connectivity index (χ2n) is 6.19. The molecule has 1 aliphatic heterocycles. The largest absolute Gasteiger partial charge is 0.493 e. The Balaban J connectivity index is 1.45. The van der Waals surface area contributed by atoms with Gasteiger partial charge in [-0.3, -0.25) is 4.79 Å². The number of carbonyl (C=O) groups is 1. The Labute approximate surface area is 139 Å². The number of ether oxygens (including phenoxy) is 1. The minimum absolute atomic E-state index is 0.0631. The number of hydrogen-bond donors (Lipinski definition) is 0. The van der Waals surface area contributed by atoms with E-state index in [-0.39, 0.29) is 5.91 Å². The maximum absolute atomic E-state index is 12.6. The molecule has 4 rings (SSSR count). The van der Waals surface area contributed by atoms with Crippen molar-refractivity contribution in [2.24, 2.45) is 5.92 Å². The second-order valence-corrected chi connectivity index (χ2v) is 6.19. The summed E-state index contributed by atoms with van der Waals surface area (Å²) in [5.74, 6) is 2.41. The van der Waals surface area contributed by atoms with E-state index in [2.05, 4.69) is 9.55 Å². The molecule has 0 radical (unpaired) electrons. The van der Waals surface area contributed by atoms with Gasteiger partial charge in [-0.05, 0) is 19.1 Å². The smallest absolute Gasteiger partial charge is 0.289 e. The van der Waals surface area contributed by atoms with Crippen molar-refractivity contribution in [1.82, 2.24) is 14.5 Å². The van der Waals surface area contributed by atoms with E-state index in [9.17, 15) is 4.79 Å². The van der Waals surface area contributed by atoms with Gasteiger partial charge in [0.25, 0.3) is 5.91 Å². The van der Waals surface area contributed by atoms with Gasteiger partial charge >= 0.3 is 0 Å². The molecule has 6 heteroatoms. The first-order valence-corrected chi connectivity index (χ1v) is 7.99. The fourth-order valence-corrected chi connectivity index (χ4v) is 3.18. The minimum Gasteiger partial charge on any atom is -0.493 e. The molecule has 0 unspecified atom stereocenters. The molecule has 0 N–H and O–H groups in total. The third-order valence-electron chi connectivity index (χ3n) is 4.56. The van der Waals surface area contributed by atoms with Gasteiger partial charge in [0.15, 0.2) is 17.1 Å². The monoisotopic (exact) mass is 325 g/mol. The molecule has 24 heavy (non-hydrogen) atoms. The number of para-hydroxylation sites is 1. The molecular formula is C18H19N3O3. The zero-order valence-electron chi connectivity index (χ0n) is 13.7. The molecule has 1 aliphatic rings. The van der Waals surface area contributed by atoms with Crippen LogP contribution in [0.3, 0.4) is 0 Å². The number of imidazole rings is 1.